The van der Waals surface area contributed by atoms with Crippen molar-refractivity contribution in [1.82, 2.24) is 19.9 Å². The highest BCUT2D eigenvalue weighted by molar-refractivity contribution is 5.84. The first-order chi connectivity index (χ1) is 15.3. The first-order valence-electron chi connectivity index (χ1n) is 10.8. The lowest BCUT2D eigenvalue weighted by atomic mass is 10.2. The summed E-state index contributed by atoms with van der Waals surface area (Å²) in [4.78, 5) is 18.5. The lowest BCUT2D eigenvalue weighted by Crippen LogP contribution is -2.47. The molecule has 0 radical (unpaired) electrons. The van der Waals surface area contributed by atoms with Crippen molar-refractivity contribution in [2.45, 2.75) is 6.42 Å². The number of rotatable bonds is 6. The fraction of sp³-hybridized carbons (Fsp3) is 0.292. The van der Waals surface area contributed by atoms with Crippen LogP contribution in [0.5, 0.6) is 5.75 Å². The van der Waals surface area contributed by atoms with Gasteiger partial charge in [0.05, 0.1) is 16.4 Å². The Kier molecular flexibility index (Phi) is 5.50. The summed E-state index contributed by atoms with van der Waals surface area (Å²) in [7, 11) is 0. The molecule has 7 nitrogen and oxygen atoms in total. The van der Waals surface area contributed by atoms with Gasteiger partial charge in [-0.1, -0.05) is 24.3 Å². The minimum Gasteiger partial charge on any atom is -0.507 e. The number of hydrogen-bond donors (Lipinski definition) is 2. The maximum atomic E-state index is 9.85. The number of anilines is 2. The van der Waals surface area contributed by atoms with Gasteiger partial charge in [0.1, 0.15) is 11.6 Å². The molecule has 1 aliphatic heterocycles. The normalized spacial score (nSPS) is 14.9. The smallest absolute Gasteiger partial charge is 0.223 e. The number of hydrogen-bond acceptors (Lipinski definition) is 7. The van der Waals surface area contributed by atoms with E-state index in [2.05, 4.69) is 49.4 Å². The highest BCUT2D eigenvalue weighted by atomic mass is 16.3. The van der Waals surface area contributed by atoms with Crippen molar-refractivity contribution < 1.29 is 5.11 Å². The largest absolute Gasteiger partial charge is 0.507 e. The van der Waals surface area contributed by atoms with Gasteiger partial charge < -0.3 is 15.3 Å². The Labute approximate surface area is 181 Å². The summed E-state index contributed by atoms with van der Waals surface area (Å²) < 4.78 is 0. The Morgan fingerprint density at radius 2 is 1.71 bits per heavy atom. The Balaban J connectivity index is 1.09. The second-order valence-corrected chi connectivity index (χ2v) is 7.87. The van der Waals surface area contributed by atoms with Crippen molar-refractivity contribution in [3.63, 3.8) is 0 Å². The molecule has 2 aromatic carbocycles. The van der Waals surface area contributed by atoms with Crippen LogP contribution in [0.2, 0.25) is 0 Å². The summed E-state index contributed by atoms with van der Waals surface area (Å²) in [6, 6.07) is 17.9. The van der Waals surface area contributed by atoms with Crippen LogP contribution in [0.4, 0.5) is 11.8 Å². The van der Waals surface area contributed by atoms with Crippen LogP contribution in [0.3, 0.4) is 0 Å². The summed E-state index contributed by atoms with van der Waals surface area (Å²) in [6.07, 6.45) is 2.69. The van der Waals surface area contributed by atoms with Gasteiger partial charge in [0.25, 0.3) is 0 Å². The molecule has 5 rings (SSSR count). The highest BCUT2D eigenvalue weighted by Crippen LogP contribution is 2.22. The molecule has 3 heterocycles. The van der Waals surface area contributed by atoms with Crippen LogP contribution in [0.1, 0.15) is 6.42 Å². The van der Waals surface area contributed by atoms with E-state index in [0.29, 0.717) is 11.3 Å². The third kappa shape index (κ3) is 4.36. The van der Waals surface area contributed by atoms with E-state index in [1.54, 1.807) is 18.3 Å². The van der Waals surface area contributed by atoms with Crippen LogP contribution in [-0.4, -0.2) is 64.2 Å². The number of piperazine rings is 1. The molecule has 0 aliphatic carbocycles. The van der Waals surface area contributed by atoms with Gasteiger partial charge in [0, 0.05) is 44.3 Å². The van der Waals surface area contributed by atoms with Crippen molar-refractivity contribution in [1.29, 1.82) is 0 Å². The molecule has 0 saturated carbocycles. The van der Waals surface area contributed by atoms with E-state index in [1.165, 1.54) is 5.39 Å². The Morgan fingerprint density at radius 1 is 0.871 bits per heavy atom. The first-order valence-corrected chi connectivity index (χ1v) is 10.8. The van der Waals surface area contributed by atoms with Crippen LogP contribution >= 0.6 is 0 Å². The van der Waals surface area contributed by atoms with Gasteiger partial charge in [-0.15, -0.1) is 0 Å². The Bertz CT molecular complexity index is 1190. The summed E-state index contributed by atoms with van der Waals surface area (Å²) in [5.41, 5.74) is 1.80. The fourth-order valence-electron chi connectivity index (χ4n) is 4.06. The molecule has 4 aromatic rings. The Hall–Kier alpha value is -3.45. The third-order valence-electron chi connectivity index (χ3n) is 5.82. The molecule has 31 heavy (non-hydrogen) atoms. The number of pyridine rings is 1. The summed E-state index contributed by atoms with van der Waals surface area (Å²) in [6.45, 7) is 5.93. The van der Waals surface area contributed by atoms with Crippen LogP contribution in [0, 0.1) is 0 Å². The van der Waals surface area contributed by atoms with Gasteiger partial charge in [0.15, 0.2) is 0 Å². The second-order valence-electron chi connectivity index (χ2n) is 7.87. The average Bonchev–Trinajstić information content (AvgIpc) is 2.82. The molecule has 1 saturated heterocycles. The molecular weight excluding hydrogens is 388 g/mol. The highest BCUT2D eigenvalue weighted by Gasteiger charge is 2.17. The van der Waals surface area contributed by atoms with E-state index in [-0.39, 0.29) is 5.75 Å². The molecular formula is C24H26N6O. The first kappa shape index (κ1) is 19.5. The third-order valence-corrected chi connectivity index (χ3v) is 5.82. The Morgan fingerprint density at radius 3 is 2.61 bits per heavy atom. The zero-order valence-corrected chi connectivity index (χ0v) is 17.4. The minimum absolute atomic E-state index is 0.210. The summed E-state index contributed by atoms with van der Waals surface area (Å²) in [5.74, 6) is 1.88. The lowest BCUT2D eigenvalue weighted by molar-refractivity contribution is 0.256. The number of phenolic OH excluding ortho intramolecular Hbond substituents is 1. The summed E-state index contributed by atoms with van der Waals surface area (Å²) >= 11 is 0. The van der Waals surface area contributed by atoms with E-state index < -0.39 is 0 Å². The number of nitrogens with zero attached hydrogens (tertiary/aromatic N) is 5. The number of para-hydroxylation sites is 1. The van der Waals surface area contributed by atoms with Crippen molar-refractivity contribution in [2.24, 2.45) is 0 Å². The number of aromatic nitrogens is 3. The van der Waals surface area contributed by atoms with E-state index in [9.17, 15) is 5.11 Å². The molecule has 1 aliphatic rings. The van der Waals surface area contributed by atoms with Crippen LogP contribution in [0.25, 0.3) is 21.8 Å². The molecule has 7 heteroatoms. The monoisotopic (exact) mass is 414 g/mol. The van der Waals surface area contributed by atoms with Crippen molar-refractivity contribution in [2.75, 3.05) is 49.5 Å². The van der Waals surface area contributed by atoms with Crippen LogP contribution in [0.15, 0.2) is 60.8 Å². The van der Waals surface area contributed by atoms with Crippen LogP contribution in [-0.2, 0) is 0 Å². The van der Waals surface area contributed by atoms with Crippen molar-refractivity contribution >= 4 is 33.6 Å². The zero-order chi connectivity index (χ0) is 21.0. The van der Waals surface area contributed by atoms with Gasteiger partial charge in [-0.2, -0.15) is 0 Å². The van der Waals surface area contributed by atoms with Gasteiger partial charge in [0.2, 0.25) is 5.95 Å². The van der Waals surface area contributed by atoms with E-state index >= 15 is 0 Å². The van der Waals surface area contributed by atoms with Crippen molar-refractivity contribution in [3.05, 3.63) is 60.8 Å². The average molecular weight is 415 g/mol. The molecule has 0 unspecified atom stereocenters. The molecule has 0 spiro atoms. The number of fused-ring (bicyclic) bond motifs is 2. The summed E-state index contributed by atoms with van der Waals surface area (Å²) in [5, 5.41) is 15.0. The predicted octanol–water partition coefficient (Wildman–Crippen LogP) is 3.51. The number of nitrogens with one attached hydrogen (secondary N) is 1. The van der Waals surface area contributed by atoms with Gasteiger partial charge >= 0.3 is 0 Å². The van der Waals surface area contributed by atoms with Gasteiger partial charge in [-0.25, -0.2) is 15.0 Å². The lowest BCUT2D eigenvalue weighted by Gasteiger charge is -2.35. The molecule has 0 atom stereocenters. The standard InChI is InChI=1S/C24H26N6O/c31-22-8-3-7-21-19(22)17-26-24(28-21)25-11-4-12-29-13-15-30(16-14-29)23-10-9-18-5-1-2-6-20(18)27-23/h1-3,5-10,17,31H,4,11-16H2,(H,25,26,28). The molecule has 1 fully saturated rings. The van der Waals surface area contributed by atoms with E-state index in [1.807, 2.05) is 18.2 Å². The molecule has 0 bridgehead atoms. The van der Waals surface area contributed by atoms with Crippen LogP contribution < -0.4 is 10.2 Å². The molecule has 2 aromatic heterocycles. The predicted molar refractivity (Wildman–Crippen MR) is 125 cm³/mol. The fourth-order valence-corrected chi connectivity index (χ4v) is 4.06. The number of aromatic hydroxyl groups is 1. The van der Waals surface area contributed by atoms with E-state index in [0.717, 1.165) is 62.5 Å². The molecule has 0 amide bonds. The van der Waals surface area contributed by atoms with Crippen molar-refractivity contribution in [3.8, 4) is 5.75 Å². The maximum absolute atomic E-state index is 9.85. The SMILES string of the molecule is Oc1cccc2nc(NCCCN3CCN(c4ccc5ccccc5n4)CC3)ncc12. The van der Waals surface area contributed by atoms with E-state index in [4.69, 9.17) is 4.98 Å². The maximum Gasteiger partial charge on any atom is 0.223 e. The number of benzene rings is 2. The van der Waals surface area contributed by atoms with Gasteiger partial charge in [-0.3, -0.25) is 4.90 Å². The minimum atomic E-state index is 0.210. The van der Waals surface area contributed by atoms with Gasteiger partial charge in [-0.05, 0) is 43.3 Å². The number of phenols is 1. The zero-order valence-electron chi connectivity index (χ0n) is 17.4. The topological polar surface area (TPSA) is 77.4 Å². The molecule has 2 N–H and O–H groups in total. The molecule has 158 valence electrons. The quantitative estimate of drug-likeness (QED) is 0.468. The second kappa shape index (κ2) is 8.73.